The van der Waals surface area contributed by atoms with Crippen molar-refractivity contribution in [2.75, 3.05) is 5.73 Å². The predicted octanol–water partition coefficient (Wildman–Crippen LogP) is -0.211. The van der Waals surface area contributed by atoms with E-state index in [0.717, 1.165) is 11.3 Å². The van der Waals surface area contributed by atoms with E-state index in [1.54, 1.807) is 10.9 Å². The van der Waals surface area contributed by atoms with Gasteiger partial charge >= 0.3 is 0 Å². The molecule has 0 aliphatic heterocycles. The van der Waals surface area contributed by atoms with Crippen LogP contribution in [-0.4, -0.2) is 20.3 Å². The van der Waals surface area contributed by atoms with E-state index >= 15 is 0 Å². The van der Waals surface area contributed by atoms with Crippen LogP contribution in [-0.2, 0) is 24.9 Å². The summed E-state index contributed by atoms with van der Waals surface area (Å²) in [4.78, 5) is 23.4. The highest BCUT2D eigenvalue weighted by Crippen LogP contribution is 2.04. The molecule has 0 saturated heterocycles. The molecule has 2 heterocycles. The minimum absolute atomic E-state index is 0.0524. The van der Waals surface area contributed by atoms with Gasteiger partial charge in [-0.3, -0.25) is 14.3 Å². The van der Waals surface area contributed by atoms with Gasteiger partial charge in [0.2, 0.25) is 5.91 Å². The summed E-state index contributed by atoms with van der Waals surface area (Å²) in [6.07, 6.45) is 3.17. The van der Waals surface area contributed by atoms with Crippen molar-refractivity contribution in [1.29, 1.82) is 0 Å². The molecule has 0 aliphatic rings. The second kappa shape index (κ2) is 5.60. The lowest BCUT2D eigenvalue weighted by Crippen LogP contribution is -2.31. The first-order valence-electron chi connectivity index (χ1n) is 6.17. The highest BCUT2D eigenvalue weighted by Gasteiger charge is 2.07. The van der Waals surface area contributed by atoms with E-state index in [1.165, 1.54) is 22.9 Å². The second-order valence-corrected chi connectivity index (χ2v) is 4.58. The summed E-state index contributed by atoms with van der Waals surface area (Å²) < 4.78 is 3.02. The molecule has 0 bridgehead atoms. The Kier molecular flexibility index (Phi) is 3.88. The minimum atomic E-state index is -0.257. The number of nitrogens with two attached hydrogens (primary N) is 1. The molecule has 0 fully saturated rings. The number of anilines is 1. The highest BCUT2D eigenvalue weighted by molar-refractivity contribution is 5.75. The van der Waals surface area contributed by atoms with Crippen LogP contribution in [0.3, 0.4) is 0 Å². The lowest BCUT2D eigenvalue weighted by atomic mass is 10.2. The Labute approximate surface area is 116 Å². The molecule has 0 aliphatic carbocycles. The molecule has 20 heavy (non-hydrogen) atoms. The van der Waals surface area contributed by atoms with Gasteiger partial charge in [0.1, 0.15) is 6.54 Å². The van der Waals surface area contributed by atoms with Crippen LogP contribution in [0.4, 0.5) is 5.69 Å². The number of nitrogens with one attached hydrogen (secondary N) is 1. The highest BCUT2D eigenvalue weighted by atomic mass is 16.2. The van der Waals surface area contributed by atoms with Crippen LogP contribution in [0.15, 0.2) is 29.3 Å². The lowest BCUT2D eigenvalue weighted by molar-refractivity contribution is -0.121. The molecule has 7 nitrogen and oxygen atoms in total. The Bertz CT molecular complexity index is 686. The van der Waals surface area contributed by atoms with E-state index in [9.17, 15) is 9.59 Å². The normalized spacial score (nSPS) is 10.5. The van der Waals surface area contributed by atoms with Crippen LogP contribution in [0.25, 0.3) is 0 Å². The van der Waals surface area contributed by atoms with E-state index < -0.39 is 0 Å². The minimum Gasteiger partial charge on any atom is -0.398 e. The number of nitrogen functional groups attached to an aromatic ring is 1. The number of nitrogens with zero attached hydrogens (tertiary/aromatic N) is 3. The van der Waals surface area contributed by atoms with Gasteiger partial charge in [-0.15, -0.1) is 0 Å². The molecule has 7 heteroatoms. The molecule has 2 aromatic heterocycles. The van der Waals surface area contributed by atoms with Crippen LogP contribution < -0.4 is 16.6 Å². The van der Waals surface area contributed by atoms with Gasteiger partial charge in [0.25, 0.3) is 5.56 Å². The SMILES string of the molecule is Cc1c(CNC(=O)Cn2cc(N)ccc2=O)cnn1C. The molecule has 0 saturated carbocycles. The average molecular weight is 275 g/mol. The Morgan fingerprint density at radius 2 is 2.20 bits per heavy atom. The number of hydrogen-bond donors (Lipinski definition) is 2. The molecular formula is C13H17N5O2. The summed E-state index contributed by atoms with van der Waals surface area (Å²) >= 11 is 0. The third-order valence-electron chi connectivity index (χ3n) is 3.13. The Hall–Kier alpha value is -2.57. The number of amides is 1. The molecule has 3 N–H and O–H groups in total. The smallest absolute Gasteiger partial charge is 0.251 e. The number of pyridine rings is 1. The molecular weight excluding hydrogens is 258 g/mol. The topological polar surface area (TPSA) is 94.9 Å². The van der Waals surface area contributed by atoms with Gasteiger partial charge in [-0.2, -0.15) is 5.10 Å². The van der Waals surface area contributed by atoms with Crippen molar-refractivity contribution < 1.29 is 4.79 Å². The first-order chi connectivity index (χ1) is 9.47. The average Bonchev–Trinajstić information content (AvgIpc) is 2.72. The van der Waals surface area contributed by atoms with E-state index in [0.29, 0.717) is 12.2 Å². The van der Waals surface area contributed by atoms with Crippen molar-refractivity contribution in [2.45, 2.75) is 20.0 Å². The van der Waals surface area contributed by atoms with Crippen LogP contribution in [0.2, 0.25) is 0 Å². The van der Waals surface area contributed by atoms with Crippen molar-refractivity contribution in [3.05, 3.63) is 46.1 Å². The maximum Gasteiger partial charge on any atom is 0.251 e. The van der Waals surface area contributed by atoms with Crippen molar-refractivity contribution in [3.8, 4) is 0 Å². The Balaban J connectivity index is 1.98. The van der Waals surface area contributed by atoms with Gasteiger partial charge in [0.05, 0.1) is 6.20 Å². The zero-order chi connectivity index (χ0) is 14.7. The first-order valence-corrected chi connectivity index (χ1v) is 6.17. The molecule has 0 spiro atoms. The molecule has 0 radical (unpaired) electrons. The van der Waals surface area contributed by atoms with Gasteiger partial charge in [0.15, 0.2) is 0 Å². The van der Waals surface area contributed by atoms with Crippen LogP contribution >= 0.6 is 0 Å². The fourth-order valence-corrected chi connectivity index (χ4v) is 1.80. The lowest BCUT2D eigenvalue weighted by Gasteiger charge is -2.07. The summed E-state index contributed by atoms with van der Waals surface area (Å²) in [6.45, 7) is 2.26. The summed E-state index contributed by atoms with van der Waals surface area (Å²) in [5, 5.41) is 6.85. The standard InChI is InChI=1S/C13H17N5O2/c1-9-10(6-16-17(9)2)5-15-12(19)8-18-7-11(14)3-4-13(18)20/h3-4,6-7H,5,8,14H2,1-2H3,(H,15,19). The van der Waals surface area contributed by atoms with E-state index in [2.05, 4.69) is 10.4 Å². The molecule has 2 rings (SSSR count). The van der Waals surface area contributed by atoms with Crippen molar-refractivity contribution in [3.63, 3.8) is 0 Å². The fraction of sp³-hybridized carbons (Fsp3) is 0.308. The van der Waals surface area contributed by atoms with Gasteiger partial charge in [-0.1, -0.05) is 0 Å². The first kappa shape index (κ1) is 13.9. The molecule has 0 aromatic carbocycles. The van der Waals surface area contributed by atoms with Crippen molar-refractivity contribution in [1.82, 2.24) is 19.7 Å². The maximum atomic E-state index is 11.8. The monoisotopic (exact) mass is 275 g/mol. The fourth-order valence-electron chi connectivity index (χ4n) is 1.80. The number of carbonyl (C=O) groups excluding carboxylic acids is 1. The number of rotatable bonds is 4. The van der Waals surface area contributed by atoms with Gasteiger partial charge in [-0.05, 0) is 13.0 Å². The van der Waals surface area contributed by atoms with Gasteiger partial charge < -0.3 is 15.6 Å². The van der Waals surface area contributed by atoms with Crippen molar-refractivity contribution in [2.24, 2.45) is 7.05 Å². The van der Waals surface area contributed by atoms with Gasteiger partial charge in [-0.25, -0.2) is 0 Å². The number of hydrogen-bond acceptors (Lipinski definition) is 4. The van der Waals surface area contributed by atoms with E-state index in [1.807, 2.05) is 14.0 Å². The summed E-state index contributed by atoms with van der Waals surface area (Å²) in [7, 11) is 1.84. The van der Waals surface area contributed by atoms with E-state index in [-0.39, 0.29) is 18.0 Å². The van der Waals surface area contributed by atoms with Crippen LogP contribution in [0.5, 0.6) is 0 Å². The third-order valence-corrected chi connectivity index (χ3v) is 3.13. The number of aryl methyl sites for hydroxylation is 1. The third kappa shape index (κ3) is 3.05. The summed E-state index contributed by atoms with van der Waals surface area (Å²) in [5.74, 6) is -0.249. The number of carbonyl (C=O) groups is 1. The maximum absolute atomic E-state index is 11.8. The van der Waals surface area contributed by atoms with Crippen LogP contribution in [0, 0.1) is 6.92 Å². The van der Waals surface area contributed by atoms with Crippen LogP contribution in [0.1, 0.15) is 11.3 Å². The quantitative estimate of drug-likeness (QED) is 0.807. The number of aromatic nitrogens is 3. The summed E-state index contributed by atoms with van der Waals surface area (Å²) in [5.41, 5.74) is 7.71. The summed E-state index contributed by atoms with van der Waals surface area (Å²) in [6, 6.07) is 2.85. The Morgan fingerprint density at radius 1 is 1.45 bits per heavy atom. The molecule has 2 aromatic rings. The molecule has 106 valence electrons. The zero-order valence-corrected chi connectivity index (χ0v) is 11.5. The zero-order valence-electron chi connectivity index (χ0n) is 11.5. The van der Waals surface area contributed by atoms with Gasteiger partial charge in [0, 0.05) is 42.8 Å². The molecule has 0 unspecified atom stereocenters. The van der Waals surface area contributed by atoms with E-state index in [4.69, 9.17) is 5.73 Å². The Morgan fingerprint density at radius 3 is 2.85 bits per heavy atom. The predicted molar refractivity (Wildman–Crippen MR) is 74.9 cm³/mol. The largest absolute Gasteiger partial charge is 0.398 e. The molecule has 0 atom stereocenters. The van der Waals surface area contributed by atoms with Crippen molar-refractivity contribution >= 4 is 11.6 Å². The molecule has 1 amide bonds. The second-order valence-electron chi connectivity index (χ2n) is 4.58.